The van der Waals surface area contributed by atoms with Gasteiger partial charge >= 0.3 is 11.7 Å². The van der Waals surface area contributed by atoms with Gasteiger partial charge in [0, 0.05) is 6.54 Å². The van der Waals surface area contributed by atoms with Crippen molar-refractivity contribution in [2.45, 2.75) is 45.9 Å². The Balaban J connectivity index is 1.87. The lowest BCUT2D eigenvalue weighted by atomic mass is 10.3. The predicted octanol–water partition coefficient (Wildman–Crippen LogP) is 2.16. The van der Waals surface area contributed by atoms with E-state index >= 15 is 0 Å². The van der Waals surface area contributed by atoms with Crippen LogP contribution in [0, 0.1) is 5.92 Å². The highest BCUT2D eigenvalue weighted by atomic mass is 16.5. The van der Waals surface area contributed by atoms with E-state index in [0.717, 1.165) is 23.9 Å². The number of para-hydroxylation sites is 2. The van der Waals surface area contributed by atoms with Gasteiger partial charge in [0.25, 0.3) is 0 Å². The molecule has 0 N–H and O–H groups in total. The molecule has 1 heterocycles. The predicted molar refractivity (Wildman–Crippen MR) is 80.2 cm³/mol. The largest absolute Gasteiger partial charge is 0.461 e. The molecule has 1 aliphatic rings. The Labute approximate surface area is 123 Å². The number of imidazole rings is 1. The Hall–Kier alpha value is -2.04. The minimum Gasteiger partial charge on any atom is -0.461 e. The van der Waals surface area contributed by atoms with E-state index in [0.29, 0.717) is 12.5 Å². The van der Waals surface area contributed by atoms with Crippen molar-refractivity contribution in [1.82, 2.24) is 9.13 Å². The molecule has 0 spiro atoms. The molecule has 1 saturated carbocycles. The molecule has 1 aromatic carbocycles. The molecule has 1 aliphatic carbocycles. The molecule has 5 heteroatoms. The normalized spacial score (nSPS) is 16.1. The smallest absolute Gasteiger partial charge is 0.329 e. The summed E-state index contributed by atoms with van der Waals surface area (Å²) in [5, 5.41) is 0. The average Bonchev–Trinajstić information content (AvgIpc) is 3.27. The van der Waals surface area contributed by atoms with Gasteiger partial charge in [-0.1, -0.05) is 12.1 Å². The minimum absolute atomic E-state index is 0.0244. The van der Waals surface area contributed by atoms with Crippen molar-refractivity contribution in [2.75, 3.05) is 0 Å². The number of rotatable bonds is 5. The quantitative estimate of drug-likeness (QED) is 0.792. The van der Waals surface area contributed by atoms with Crippen LogP contribution in [0.15, 0.2) is 29.1 Å². The number of hydrogen-bond donors (Lipinski definition) is 0. The third-order valence-corrected chi connectivity index (χ3v) is 4.13. The third-order valence-electron chi connectivity index (χ3n) is 4.13. The molecule has 21 heavy (non-hydrogen) atoms. The van der Waals surface area contributed by atoms with E-state index in [1.54, 1.807) is 4.57 Å². The van der Waals surface area contributed by atoms with Crippen LogP contribution >= 0.6 is 0 Å². The zero-order chi connectivity index (χ0) is 15.0. The fraction of sp³-hybridized carbons (Fsp3) is 0.500. The number of benzene rings is 1. The van der Waals surface area contributed by atoms with Crippen molar-refractivity contribution < 1.29 is 9.53 Å². The molecule has 5 nitrogen and oxygen atoms in total. The minimum atomic E-state index is -0.337. The van der Waals surface area contributed by atoms with Crippen molar-refractivity contribution >= 4 is 17.0 Å². The number of aromatic nitrogens is 2. The summed E-state index contributed by atoms with van der Waals surface area (Å²) in [6.45, 7) is 4.41. The van der Waals surface area contributed by atoms with Crippen LogP contribution in [-0.4, -0.2) is 21.2 Å². The maximum absolute atomic E-state index is 12.4. The van der Waals surface area contributed by atoms with Gasteiger partial charge in [0.15, 0.2) is 0 Å². The maximum Gasteiger partial charge on any atom is 0.329 e. The summed E-state index contributed by atoms with van der Waals surface area (Å²) < 4.78 is 8.59. The number of aryl methyl sites for hydroxylation is 1. The lowest BCUT2D eigenvalue weighted by Crippen LogP contribution is -2.29. The highest BCUT2D eigenvalue weighted by molar-refractivity contribution is 5.78. The number of nitrogens with zero attached hydrogens (tertiary/aromatic N) is 2. The Morgan fingerprint density at radius 2 is 1.90 bits per heavy atom. The molecule has 0 saturated heterocycles. The second-order valence-corrected chi connectivity index (χ2v) is 5.63. The molecule has 0 amide bonds. The molecule has 1 fully saturated rings. The van der Waals surface area contributed by atoms with Crippen LogP contribution in [-0.2, 0) is 22.6 Å². The fourth-order valence-corrected chi connectivity index (χ4v) is 2.77. The average molecular weight is 288 g/mol. The first-order valence-electron chi connectivity index (χ1n) is 7.49. The van der Waals surface area contributed by atoms with Crippen LogP contribution in [0.5, 0.6) is 0 Å². The summed E-state index contributed by atoms with van der Waals surface area (Å²) in [6, 6.07) is 7.53. The van der Waals surface area contributed by atoms with E-state index in [1.807, 2.05) is 38.1 Å². The second kappa shape index (κ2) is 5.39. The van der Waals surface area contributed by atoms with Crippen molar-refractivity contribution in [2.24, 2.45) is 5.92 Å². The second-order valence-electron chi connectivity index (χ2n) is 5.63. The van der Waals surface area contributed by atoms with Crippen LogP contribution in [0.4, 0.5) is 0 Å². The molecule has 1 aromatic heterocycles. The van der Waals surface area contributed by atoms with Crippen LogP contribution < -0.4 is 5.69 Å². The van der Waals surface area contributed by atoms with Crippen molar-refractivity contribution in [3.05, 3.63) is 34.7 Å². The summed E-state index contributed by atoms with van der Waals surface area (Å²) in [4.78, 5) is 24.5. The summed E-state index contributed by atoms with van der Waals surface area (Å²) in [7, 11) is 0. The summed E-state index contributed by atoms with van der Waals surface area (Å²) in [5.74, 6) is 0.165. The Bertz CT molecular complexity index is 725. The number of hydrogen-bond acceptors (Lipinski definition) is 3. The van der Waals surface area contributed by atoms with Gasteiger partial charge in [-0.25, -0.2) is 4.79 Å². The topological polar surface area (TPSA) is 53.2 Å². The van der Waals surface area contributed by atoms with Gasteiger partial charge in [0.05, 0.1) is 11.0 Å². The molecule has 1 atom stereocenters. The van der Waals surface area contributed by atoms with Gasteiger partial charge in [-0.2, -0.15) is 0 Å². The van der Waals surface area contributed by atoms with Crippen LogP contribution in [0.25, 0.3) is 11.0 Å². The summed E-state index contributed by atoms with van der Waals surface area (Å²) in [5.41, 5.74) is 1.48. The highest BCUT2D eigenvalue weighted by Gasteiger charge is 2.30. The van der Waals surface area contributed by atoms with Gasteiger partial charge in [0.1, 0.15) is 12.6 Å². The Kier molecular flexibility index (Phi) is 3.57. The van der Waals surface area contributed by atoms with E-state index in [-0.39, 0.29) is 24.3 Å². The molecular weight excluding hydrogens is 268 g/mol. The first-order chi connectivity index (χ1) is 10.1. The van der Waals surface area contributed by atoms with Crippen molar-refractivity contribution in [3.63, 3.8) is 0 Å². The number of carbonyl (C=O) groups is 1. The summed E-state index contributed by atoms with van der Waals surface area (Å²) >= 11 is 0. The summed E-state index contributed by atoms with van der Waals surface area (Å²) in [6.07, 6.45) is 2.21. The molecule has 0 radical (unpaired) electrons. The lowest BCUT2D eigenvalue weighted by Gasteiger charge is -2.12. The van der Waals surface area contributed by atoms with E-state index in [1.165, 1.54) is 4.57 Å². The van der Waals surface area contributed by atoms with E-state index in [2.05, 4.69) is 0 Å². The number of ether oxygens (including phenoxy) is 1. The molecule has 0 bridgehead atoms. The molecule has 2 aromatic rings. The van der Waals surface area contributed by atoms with E-state index in [4.69, 9.17) is 4.74 Å². The molecular formula is C16H20N2O3. The first kappa shape index (κ1) is 13.9. The first-order valence-corrected chi connectivity index (χ1v) is 7.49. The van der Waals surface area contributed by atoms with E-state index in [9.17, 15) is 9.59 Å². The van der Waals surface area contributed by atoms with Crippen LogP contribution in [0.3, 0.4) is 0 Å². The zero-order valence-electron chi connectivity index (χ0n) is 12.4. The van der Waals surface area contributed by atoms with Crippen LogP contribution in [0.1, 0.15) is 26.7 Å². The number of esters is 1. The van der Waals surface area contributed by atoms with Gasteiger partial charge in [-0.15, -0.1) is 0 Å². The van der Waals surface area contributed by atoms with Gasteiger partial charge in [0.2, 0.25) is 0 Å². The molecule has 0 aliphatic heterocycles. The van der Waals surface area contributed by atoms with E-state index < -0.39 is 0 Å². The third kappa shape index (κ3) is 2.60. The van der Waals surface area contributed by atoms with Crippen molar-refractivity contribution in [1.29, 1.82) is 0 Å². The SMILES string of the molecule is CCn1c(=O)n(CC(=O)OC(C)C2CC2)c2ccccc21. The van der Waals surface area contributed by atoms with Crippen molar-refractivity contribution in [3.8, 4) is 0 Å². The lowest BCUT2D eigenvalue weighted by molar-refractivity contribution is -0.149. The van der Waals surface area contributed by atoms with Gasteiger partial charge in [-0.3, -0.25) is 13.9 Å². The standard InChI is InChI=1S/C16H20N2O3/c1-3-17-13-6-4-5-7-14(13)18(16(17)20)10-15(19)21-11(2)12-8-9-12/h4-7,11-12H,3,8-10H2,1-2H3. The number of carbonyl (C=O) groups excluding carboxylic acids is 1. The fourth-order valence-electron chi connectivity index (χ4n) is 2.77. The molecule has 3 rings (SSSR count). The zero-order valence-corrected chi connectivity index (χ0v) is 12.4. The Morgan fingerprint density at radius 3 is 2.48 bits per heavy atom. The Morgan fingerprint density at radius 1 is 1.29 bits per heavy atom. The molecule has 1 unspecified atom stereocenters. The van der Waals surface area contributed by atoms with Crippen LogP contribution in [0.2, 0.25) is 0 Å². The monoisotopic (exact) mass is 288 g/mol. The number of fused-ring (bicyclic) bond motifs is 1. The molecule has 112 valence electrons. The highest BCUT2D eigenvalue weighted by Crippen LogP contribution is 2.34. The van der Waals surface area contributed by atoms with Gasteiger partial charge in [-0.05, 0) is 44.7 Å². The maximum atomic E-state index is 12.4. The van der Waals surface area contributed by atoms with Gasteiger partial charge < -0.3 is 4.74 Å².